The summed E-state index contributed by atoms with van der Waals surface area (Å²) in [6.07, 6.45) is 2.29. The van der Waals surface area contributed by atoms with E-state index in [4.69, 9.17) is 21.4 Å². The lowest BCUT2D eigenvalue weighted by atomic mass is 9.70. The summed E-state index contributed by atoms with van der Waals surface area (Å²) in [5.41, 5.74) is 5.01. The van der Waals surface area contributed by atoms with Crippen molar-refractivity contribution in [3.63, 3.8) is 0 Å². The Hall–Kier alpha value is -2.59. The Morgan fingerprint density at radius 2 is 1.83 bits per heavy atom. The van der Waals surface area contributed by atoms with Crippen LogP contribution < -0.4 is 0 Å². The number of hydrogen-bond donors (Lipinski definition) is 0. The number of carbonyl (C=O) groups excluding carboxylic acids is 1. The molecule has 0 unspecified atom stereocenters. The fourth-order valence-corrected chi connectivity index (χ4v) is 5.72. The molecule has 0 radical (unpaired) electrons. The van der Waals surface area contributed by atoms with Gasteiger partial charge in [-0.05, 0) is 48.4 Å². The van der Waals surface area contributed by atoms with Crippen LogP contribution in [-0.4, -0.2) is 15.7 Å². The average molecular weight is 421 g/mol. The van der Waals surface area contributed by atoms with E-state index in [1.54, 1.807) is 24.3 Å². The number of rotatable bonds is 4. The first kappa shape index (κ1) is 19.4. The van der Waals surface area contributed by atoms with Gasteiger partial charge in [-0.3, -0.25) is 0 Å². The summed E-state index contributed by atoms with van der Waals surface area (Å²) in [6.45, 7) is 7.23. The van der Waals surface area contributed by atoms with Crippen molar-refractivity contribution in [3.05, 3.63) is 82.1 Å². The first-order chi connectivity index (χ1) is 14.3. The minimum absolute atomic E-state index is 0.0425. The maximum absolute atomic E-state index is 12.6. The van der Waals surface area contributed by atoms with E-state index in [9.17, 15) is 4.79 Å². The van der Waals surface area contributed by atoms with Crippen LogP contribution in [0, 0.1) is 5.41 Å². The minimum Gasteiger partial charge on any atom is -0.455 e. The second-order valence-electron chi connectivity index (χ2n) is 9.16. The first-order valence-electron chi connectivity index (χ1n) is 10.4. The van der Waals surface area contributed by atoms with Crippen LogP contribution in [0.5, 0.6) is 0 Å². The van der Waals surface area contributed by atoms with Gasteiger partial charge in [0.1, 0.15) is 12.3 Å². The summed E-state index contributed by atoms with van der Waals surface area (Å²) in [4.78, 5) is 12.6. The summed E-state index contributed by atoms with van der Waals surface area (Å²) in [7, 11) is 0. The molecule has 5 rings (SSSR count). The third-order valence-corrected chi connectivity index (χ3v) is 7.86. The Labute approximate surface area is 181 Å². The molecule has 1 heterocycles. The number of aromatic nitrogens is 2. The van der Waals surface area contributed by atoms with Crippen LogP contribution in [-0.2, 0) is 16.8 Å². The highest BCUT2D eigenvalue weighted by atomic mass is 35.5. The van der Waals surface area contributed by atoms with Crippen LogP contribution in [0.3, 0.4) is 0 Å². The molecular formula is C25H25ClN2O2. The Kier molecular flexibility index (Phi) is 4.33. The molecule has 1 fully saturated rings. The van der Waals surface area contributed by atoms with Gasteiger partial charge in [-0.1, -0.05) is 62.7 Å². The number of para-hydroxylation sites is 1. The van der Waals surface area contributed by atoms with E-state index in [1.807, 2.05) is 18.2 Å². The van der Waals surface area contributed by atoms with Crippen molar-refractivity contribution in [1.29, 1.82) is 0 Å². The summed E-state index contributed by atoms with van der Waals surface area (Å²) in [6, 6.07) is 17.2. The van der Waals surface area contributed by atoms with Gasteiger partial charge in [0.05, 0.1) is 22.0 Å². The number of hydrogen-bond acceptors (Lipinski definition) is 3. The van der Waals surface area contributed by atoms with Gasteiger partial charge < -0.3 is 4.74 Å². The number of fused-ring (bicyclic) bond motifs is 5. The molecule has 0 N–H and O–H groups in total. The van der Waals surface area contributed by atoms with Crippen molar-refractivity contribution in [2.75, 3.05) is 0 Å². The molecule has 2 aliphatic rings. The van der Waals surface area contributed by atoms with Crippen molar-refractivity contribution in [3.8, 4) is 5.69 Å². The van der Waals surface area contributed by atoms with Crippen LogP contribution >= 0.6 is 11.6 Å². The number of halogens is 1. The zero-order chi connectivity index (χ0) is 21.1. The molecule has 1 aromatic heterocycles. The summed E-state index contributed by atoms with van der Waals surface area (Å²) >= 11 is 6.17. The fraction of sp³-hybridized carbons (Fsp3) is 0.360. The van der Waals surface area contributed by atoms with Crippen LogP contribution in [0.15, 0.2) is 54.6 Å². The SMILES string of the molecule is CC1(C)[C@H]2CC[C@@]1(C)c1c2c(COC(=O)c2ccccc2Cl)nn1-c1ccccc1. The Morgan fingerprint density at radius 1 is 1.13 bits per heavy atom. The number of esters is 1. The minimum atomic E-state index is -0.419. The lowest BCUT2D eigenvalue weighted by Crippen LogP contribution is -2.33. The van der Waals surface area contributed by atoms with Gasteiger partial charge in [0, 0.05) is 11.0 Å². The molecule has 0 saturated heterocycles. The number of benzene rings is 2. The van der Waals surface area contributed by atoms with Gasteiger partial charge in [-0.15, -0.1) is 0 Å². The number of ether oxygens (including phenoxy) is 1. The summed E-state index contributed by atoms with van der Waals surface area (Å²) in [5.74, 6) is 0.00113. The van der Waals surface area contributed by atoms with E-state index in [1.165, 1.54) is 11.3 Å². The average Bonchev–Trinajstić information content (AvgIpc) is 3.29. The predicted molar refractivity (Wildman–Crippen MR) is 117 cm³/mol. The lowest BCUT2D eigenvalue weighted by molar-refractivity contribution is 0.0465. The molecule has 2 aliphatic carbocycles. The molecule has 5 heteroatoms. The van der Waals surface area contributed by atoms with Crippen LogP contribution in [0.2, 0.25) is 5.02 Å². The molecule has 2 aromatic carbocycles. The standard InChI is InChI=1S/C25H25ClN2O2/c1-24(2)18-13-14-25(24,3)22-21(18)20(27-28(22)16-9-5-4-6-10-16)15-30-23(29)17-11-7-8-12-19(17)26/h4-12,18H,13-15H2,1-3H3/t18-,25-/m0/s1. The molecule has 0 spiro atoms. The third-order valence-electron chi connectivity index (χ3n) is 7.53. The molecule has 0 aliphatic heterocycles. The van der Waals surface area contributed by atoms with Crippen LogP contribution in [0.4, 0.5) is 0 Å². The van der Waals surface area contributed by atoms with E-state index in [0.717, 1.165) is 24.2 Å². The molecule has 2 bridgehead atoms. The second kappa shape index (κ2) is 6.71. The van der Waals surface area contributed by atoms with E-state index in [2.05, 4.69) is 37.6 Å². The van der Waals surface area contributed by atoms with Gasteiger partial charge >= 0.3 is 5.97 Å². The first-order valence-corrected chi connectivity index (χ1v) is 10.8. The van der Waals surface area contributed by atoms with Gasteiger partial charge in [0.15, 0.2) is 0 Å². The quantitative estimate of drug-likeness (QED) is 0.482. The number of carbonyl (C=O) groups is 1. The Bertz CT molecular complexity index is 1140. The van der Waals surface area contributed by atoms with Crippen molar-refractivity contribution in [1.82, 2.24) is 9.78 Å². The fourth-order valence-electron chi connectivity index (χ4n) is 5.50. The highest BCUT2D eigenvalue weighted by molar-refractivity contribution is 6.33. The molecule has 3 aromatic rings. The largest absolute Gasteiger partial charge is 0.455 e. The smallest absolute Gasteiger partial charge is 0.340 e. The van der Waals surface area contributed by atoms with Gasteiger partial charge in [-0.25, -0.2) is 9.48 Å². The molecule has 2 atom stereocenters. The molecule has 1 saturated carbocycles. The number of nitrogens with zero attached hydrogens (tertiary/aromatic N) is 2. The van der Waals surface area contributed by atoms with E-state index in [-0.39, 0.29) is 17.4 Å². The monoisotopic (exact) mass is 420 g/mol. The van der Waals surface area contributed by atoms with Gasteiger partial charge in [0.25, 0.3) is 0 Å². The van der Waals surface area contributed by atoms with Gasteiger partial charge in [-0.2, -0.15) is 5.10 Å². The summed E-state index contributed by atoms with van der Waals surface area (Å²) < 4.78 is 7.76. The van der Waals surface area contributed by atoms with E-state index in [0.29, 0.717) is 16.5 Å². The van der Waals surface area contributed by atoms with Crippen molar-refractivity contribution in [2.45, 2.75) is 51.6 Å². The molecule has 30 heavy (non-hydrogen) atoms. The van der Waals surface area contributed by atoms with Crippen molar-refractivity contribution in [2.24, 2.45) is 5.41 Å². The second-order valence-corrected chi connectivity index (χ2v) is 9.56. The topological polar surface area (TPSA) is 44.1 Å². The summed E-state index contributed by atoms with van der Waals surface area (Å²) in [5, 5.41) is 5.35. The predicted octanol–water partition coefficient (Wildman–Crippen LogP) is 6.06. The maximum Gasteiger partial charge on any atom is 0.340 e. The molecule has 154 valence electrons. The zero-order valence-electron chi connectivity index (χ0n) is 17.5. The molecular weight excluding hydrogens is 396 g/mol. The Morgan fingerprint density at radius 3 is 2.57 bits per heavy atom. The highest BCUT2D eigenvalue weighted by Crippen LogP contribution is 2.68. The normalized spacial score (nSPS) is 23.4. The van der Waals surface area contributed by atoms with Crippen molar-refractivity contribution < 1.29 is 9.53 Å². The maximum atomic E-state index is 12.6. The molecule has 0 amide bonds. The zero-order valence-corrected chi connectivity index (χ0v) is 18.2. The van der Waals surface area contributed by atoms with E-state index < -0.39 is 5.97 Å². The third kappa shape index (κ3) is 2.59. The van der Waals surface area contributed by atoms with Gasteiger partial charge in [0.2, 0.25) is 0 Å². The van der Waals surface area contributed by atoms with Crippen LogP contribution in [0.25, 0.3) is 5.69 Å². The lowest BCUT2D eigenvalue weighted by Gasteiger charge is -2.35. The van der Waals surface area contributed by atoms with Crippen LogP contribution in [0.1, 0.15) is 66.8 Å². The van der Waals surface area contributed by atoms with E-state index >= 15 is 0 Å². The highest BCUT2D eigenvalue weighted by Gasteiger charge is 2.62. The molecule has 4 nitrogen and oxygen atoms in total. The Balaban J connectivity index is 1.55. The van der Waals surface area contributed by atoms with Crippen molar-refractivity contribution >= 4 is 17.6 Å².